The van der Waals surface area contributed by atoms with E-state index >= 15 is 0 Å². The number of hydrogen-bond donors (Lipinski definition) is 2. The molecule has 0 radical (unpaired) electrons. The summed E-state index contributed by atoms with van der Waals surface area (Å²) in [4.78, 5) is 23.6. The monoisotopic (exact) mass is 248 g/mol. The third kappa shape index (κ3) is 5.27. The maximum atomic E-state index is 11.3. The highest BCUT2D eigenvalue weighted by Crippen LogP contribution is 2.10. The number of hydrogen-bond acceptors (Lipinski definition) is 3. The van der Waals surface area contributed by atoms with Crippen molar-refractivity contribution in [1.29, 1.82) is 0 Å². The van der Waals surface area contributed by atoms with E-state index in [4.69, 9.17) is 5.11 Å². The van der Waals surface area contributed by atoms with Crippen molar-refractivity contribution < 1.29 is 14.7 Å². The van der Waals surface area contributed by atoms with Crippen LogP contribution in [0.1, 0.15) is 5.56 Å². The summed E-state index contributed by atoms with van der Waals surface area (Å²) in [6.07, 6.45) is 1.78. The van der Waals surface area contributed by atoms with Crippen molar-refractivity contribution in [2.45, 2.75) is 6.54 Å². The average Bonchev–Trinajstić information content (AvgIpc) is 2.28. The summed E-state index contributed by atoms with van der Waals surface area (Å²) in [5.41, 5.74) is 1.77. The Morgan fingerprint density at radius 1 is 1.22 bits per heavy atom. The van der Waals surface area contributed by atoms with E-state index in [1.54, 1.807) is 12.1 Å². The minimum absolute atomic E-state index is 0.460. The Morgan fingerprint density at radius 3 is 2.33 bits per heavy atom. The number of carbonyl (C=O) groups excluding carboxylic acids is 1. The van der Waals surface area contributed by atoms with Crippen LogP contribution in [0.15, 0.2) is 36.4 Å². The van der Waals surface area contributed by atoms with E-state index in [9.17, 15) is 9.59 Å². The van der Waals surface area contributed by atoms with Crippen LogP contribution in [0.5, 0.6) is 0 Å². The third-order valence-corrected chi connectivity index (χ3v) is 2.10. The molecule has 96 valence electrons. The predicted octanol–water partition coefficient (Wildman–Crippen LogP) is 1.33. The van der Waals surface area contributed by atoms with Crippen molar-refractivity contribution in [1.82, 2.24) is 4.90 Å². The lowest BCUT2D eigenvalue weighted by molar-refractivity contribution is -0.131. The van der Waals surface area contributed by atoms with E-state index in [1.165, 1.54) is 0 Å². The summed E-state index contributed by atoms with van der Waals surface area (Å²) in [5, 5.41) is 11.0. The first-order chi connectivity index (χ1) is 8.47. The van der Waals surface area contributed by atoms with Gasteiger partial charge in [-0.05, 0) is 31.8 Å². The molecule has 0 aliphatic rings. The zero-order valence-corrected chi connectivity index (χ0v) is 10.4. The fourth-order valence-electron chi connectivity index (χ4n) is 1.39. The Morgan fingerprint density at radius 2 is 1.83 bits per heavy atom. The second-order valence-corrected chi connectivity index (χ2v) is 4.10. The number of nitrogens with one attached hydrogen (secondary N) is 1. The van der Waals surface area contributed by atoms with Crippen LogP contribution in [0.3, 0.4) is 0 Å². The van der Waals surface area contributed by atoms with E-state index in [-0.39, 0.29) is 0 Å². The minimum Gasteiger partial charge on any atom is -0.478 e. The molecule has 5 nitrogen and oxygen atoms in total. The van der Waals surface area contributed by atoms with Crippen molar-refractivity contribution in [3.05, 3.63) is 42.0 Å². The second-order valence-electron chi connectivity index (χ2n) is 4.10. The molecule has 0 spiro atoms. The maximum absolute atomic E-state index is 11.3. The molecule has 0 aliphatic heterocycles. The highest BCUT2D eigenvalue weighted by Gasteiger charge is 2.00. The fourth-order valence-corrected chi connectivity index (χ4v) is 1.39. The molecule has 5 heteroatoms. The Bertz CT molecular complexity index is 450. The van der Waals surface area contributed by atoms with Crippen LogP contribution in [0.2, 0.25) is 0 Å². The van der Waals surface area contributed by atoms with Gasteiger partial charge in [-0.2, -0.15) is 0 Å². The van der Waals surface area contributed by atoms with Crippen molar-refractivity contribution in [3.63, 3.8) is 0 Å². The zero-order chi connectivity index (χ0) is 13.5. The molecule has 0 bridgehead atoms. The van der Waals surface area contributed by atoms with Crippen LogP contribution in [-0.2, 0) is 16.1 Å². The van der Waals surface area contributed by atoms with Gasteiger partial charge < -0.3 is 15.3 Å². The third-order valence-electron chi connectivity index (χ3n) is 2.10. The van der Waals surface area contributed by atoms with Gasteiger partial charge >= 0.3 is 5.97 Å². The summed E-state index contributed by atoms with van der Waals surface area (Å²) in [6.45, 7) is 0.827. The van der Waals surface area contributed by atoms with Gasteiger partial charge in [0.05, 0.1) is 0 Å². The number of nitrogens with zero attached hydrogens (tertiary/aromatic N) is 1. The van der Waals surface area contributed by atoms with Gasteiger partial charge in [0.1, 0.15) is 0 Å². The number of anilines is 1. The Balaban J connectivity index is 2.58. The maximum Gasteiger partial charge on any atom is 0.328 e. The topological polar surface area (TPSA) is 69.6 Å². The smallest absolute Gasteiger partial charge is 0.328 e. The molecule has 0 aliphatic carbocycles. The first kappa shape index (κ1) is 13.9. The predicted molar refractivity (Wildman–Crippen MR) is 69.2 cm³/mol. The van der Waals surface area contributed by atoms with Gasteiger partial charge in [-0.3, -0.25) is 4.79 Å². The van der Waals surface area contributed by atoms with Gasteiger partial charge in [-0.25, -0.2) is 4.79 Å². The number of carboxylic acids is 1. The standard InChI is InChI=1S/C13H16N2O3/c1-15(2)9-10-3-5-11(6-4-10)14-12(16)7-8-13(17)18/h3-8H,9H2,1-2H3,(H,14,16)(H,17,18). The number of amides is 1. The molecule has 0 saturated carbocycles. The molecule has 1 rings (SSSR count). The van der Waals surface area contributed by atoms with Gasteiger partial charge in [-0.1, -0.05) is 12.1 Å². The fraction of sp³-hybridized carbons (Fsp3) is 0.231. The largest absolute Gasteiger partial charge is 0.478 e. The molecule has 0 aromatic heterocycles. The lowest BCUT2D eigenvalue weighted by Crippen LogP contribution is -2.11. The van der Waals surface area contributed by atoms with Crippen LogP contribution < -0.4 is 5.32 Å². The summed E-state index contributed by atoms with van der Waals surface area (Å²) < 4.78 is 0. The van der Waals surface area contributed by atoms with Crippen LogP contribution >= 0.6 is 0 Å². The zero-order valence-electron chi connectivity index (χ0n) is 10.4. The van der Waals surface area contributed by atoms with E-state index < -0.39 is 11.9 Å². The number of benzene rings is 1. The van der Waals surface area contributed by atoms with Crippen LogP contribution in [0.4, 0.5) is 5.69 Å². The second kappa shape index (κ2) is 6.56. The molecule has 0 fully saturated rings. The number of aliphatic carboxylic acids is 1. The van der Waals surface area contributed by atoms with Gasteiger partial charge in [0, 0.05) is 24.4 Å². The first-order valence-corrected chi connectivity index (χ1v) is 5.43. The molecule has 1 amide bonds. The minimum atomic E-state index is -1.15. The summed E-state index contributed by atoms with van der Waals surface area (Å²) in [7, 11) is 3.96. The lowest BCUT2D eigenvalue weighted by atomic mass is 10.2. The average molecular weight is 248 g/mol. The highest BCUT2D eigenvalue weighted by atomic mass is 16.4. The number of carboxylic acid groups (broad SMARTS) is 1. The van der Waals surface area contributed by atoms with E-state index in [1.807, 2.05) is 31.1 Å². The van der Waals surface area contributed by atoms with Crippen molar-refractivity contribution >= 4 is 17.6 Å². The lowest BCUT2D eigenvalue weighted by Gasteiger charge is -2.10. The van der Waals surface area contributed by atoms with Crippen molar-refractivity contribution in [3.8, 4) is 0 Å². The first-order valence-electron chi connectivity index (χ1n) is 5.43. The quantitative estimate of drug-likeness (QED) is 0.771. The molecule has 0 atom stereocenters. The Hall–Kier alpha value is -2.14. The molecule has 1 aromatic carbocycles. The number of carbonyl (C=O) groups is 2. The Kier molecular flexibility index (Phi) is 5.07. The Labute approximate surface area is 106 Å². The molecule has 0 saturated heterocycles. The van der Waals surface area contributed by atoms with Gasteiger partial charge in [0.15, 0.2) is 0 Å². The van der Waals surface area contributed by atoms with Crippen LogP contribution in [0.25, 0.3) is 0 Å². The van der Waals surface area contributed by atoms with Crippen molar-refractivity contribution in [2.24, 2.45) is 0 Å². The summed E-state index contributed by atoms with van der Waals surface area (Å²) in [5.74, 6) is -1.61. The molecule has 0 heterocycles. The van der Waals surface area contributed by atoms with Crippen LogP contribution in [-0.4, -0.2) is 36.0 Å². The molecule has 18 heavy (non-hydrogen) atoms. The number of rotatable bonds is 5. The van der Waals surface area contributed by atoms with E-state index in [0.29, 0.717) is 5.69 Å². The normalized spacial score (nSPS) is 10.8. The summed E-state index contributed by atoms with van der Waals surface area (Å²) in [6, 6.07) is 7.39. The molecule has 1 aromatic rings. The highest BCUT2D eigenvalue weighted by molar-refractivity contribution is 6.02. The van der Waals surface area contributed by atoms with Gasteiger partial charge in [-0.15, -0.1) is 0 Å². The molecular weight excluding hydrogens is 232 g/mol. The van der Waals surface area contributed by atoms with E-state index in [0.717, 1.165) is 24.3 Å². The van der Waals surface area contributed by atoms with Crippen molar-refractivity contribution in [2.75, 3.05) is 19.4 Å². The summed E-state index contributed by atoms with van der Waals surface area (Å²) >= 11 is 0. The van der Waals surface area contributed by atoms with Gasteiger partial charge in [0.25, 0.3) is 0 Å². The molecule has 2 N–H and O–H groups in total. The molecule has 0 unspecified atom stereocenters. The van der Waals surface area contributed by atoms with Gasteiger partial charge in [0.2, 0.25) is 5.91 Å². The SMILES string of the molecule is CN(C)Cc1ccc(NC(=O)C=CC(=O)O)cc1. The molecular formula is C13H16N2O3. The van der Waals surface area contributed by atoms with Crippen LogP contribution in [0, 0.1) is 0 Å². The van der Waals surface area contributed by atoms with E-state index in [2.05, 4.69) is 5.32 Å².